The van der Waals surface area contributed by atoms with E-state index in [1.54, 1.807) is 0 Å². The number of carbonyl (C=O) groups excluding carboxylic acids is 1. The number of benzene rings is 2. The van der Waals surface area contributed by atoms with Crippen LogP contribution in [0.15, 0.2) is 59.6 Å². The average Bonchev–Trinajstić information content (AvgIpc) is 3.14. The number of aryl methyl sites for hydroxylation is 1. The minimum absolute atomic E-state index is 0. The van der Waals surface area contributed by atoms with Crippen molar-refractivity contribution in [1.29, 1.82) is 0 Å². The maximum absolute atomic E-state index is 12.4. The zero-order valence-corrected chi connectivity index (χ0v) is 21.3. The van der Waals surface area contributed by atoms with Gasteiger partial charge in [-0.05, 0) is 31.4 Å². The van der Waals surface area contributed by atoms with Gasteiger partial charge >= 0.3 is 0 Å². The van der Waals surface area contributed by atoms with Gasteiger partial charge < -0.3 is 20.6 Å². The van der Waals surface area contributed by atoms with Crippen molar-refractivity contribution in [2.24, 2.45) is 10.9 Å². The summed E-state index contributed by atoms with van der Waals surface area (Å²) in [5.74, 6) is 1.15. The van der Waals surface area contributed by atoms with Crippen LogP contribution in [0, 0.1) is 12.8 Å². The maximum atomic E-state index is 12.4. The Labute approximate surface area is 208 Å². The molecule has 0 spiro atoms. The zero-order valence-electron chi connectivity index (χ0n) is 19.0. The molecule has 32 heavy (non-hydrogen) atoms. The number of aliphatic hydroxyl groups is 1. The van der Waals surface area contributed by atoms with Crippen molar-refractivity contribution >= 4 is 35.8 Å². The Hall–Kier alpha value is -2.13. The molecular formula is C25H35IN4O2. The molecule has 3 rings (SSSR count). The van der Waals surface area contributed by atoms with Crippen molar-refractivity contribution in [3.63, 3.8) is 0 Å². The molecule has 6 nitrogen and oxygen atoms in total. The average molecular weight is 550 g/mol. The molecule has 2 aromatic rings. The van der Waals surface area contributed by atoms with E-state index in [1.807, 2.05) is 61.2 Å². The molecule has 1 fully saturated rings. The topological polar surface area (TPSA) is 77.0 Å². The van der Waals surface area contributed by atoms with Gasteiger partial charge in [0.25, 0.3) is 0 Å². The molecule has 1 saturated heterocycles. The van der Waals surface area contributed by atoms with E-state index in [0.29, 0.717) is 18.9 Å². The molecule has 0 bridgehead atoms. The number of likely N-dealkylation sites (tertiary alicyclic amines) is 1. The van der Waals surface area contributed by atoms with Crippen LogP contribution in [-0.4, -0.2) is 54.6 Å². The highest BCUT2D eigenvalue weighted by Gasteiger charge is 2.29. The van der Waals surface area contributed by atoms with E-state index in [2.05, 4.69) is 27.8 Å². The normalized spacial score (nSPS) is 17.1. The Morgan fingerprint density at radius 2 is 1.97 bits per heavy atom. The summed E-state index contributed by atoms with van der Waals surface area (Å²) in [4.78, 5) is 18.9. The van der Waals surface area contributed by atoms with E-state index in [1.165, 1.54) is 5.56 Å². The number of amides is 1. The highest BCUT2D eigenvalue weighted by atomic mass is 127. The third-order valence-electron chi connectivity index (χ3n) is 5.56. The lowest BCUT2D eigenvalue weighted by atomic mass is 10.1. The lowest BCUT2D eigenvalue weighted by Crippen LogP contribution is -2.40. The minimum atomic E-state index is -0.642. The summed E-state index contributed by atoms with van der Waals surface area (Å²) in [5, 5.41) is 17.0. The number of nitrogens with zero attached hydrogens (tertiary/aromatic N) is 2. The summed E-state index contributed by atoms with van der Waals surface area (Å²) >= 11 is 0. The molecule has 0 aliphatic carbocycles. The second kappa shape index (κ2) is 13.4. The van der Waals surface area contributed by atoms with Crippen LogP contribution >= 0.6 is 24.0 Å². The number of carbonyl (C=O) groups is 1. The largest absolute Gasteiger partial charge is 0.386 e. The fraction of sp³-hybridized carbons (Fsp3) is 0.440. The molecule has 7 heteroatoms. The smallest absolute Gasteiger partial charge is 0.223 e. The summed E-state index contributed by atoms with van der Waals surface area (Å²) in [7, 11) is 0. The Morgan fingerprint density at radius 3 is 2.69 bits per heavy atom. The van der Waals surface area contributed by atoms with Crippen LogP contribution in [0.4, 0.5) is 0 Å². The third kappa shape index (κ3) is 8.09. The van der Waals surface area contributed by atoms with Crippen molar-refractivity contribution < 1.29 is 9.90 Å². The highest BCUT2D eigenvalue weighted by molar-refractivity contribution is 14.0. The Morgan fingerprint density at radius 1 is 1.19 bits per heavy atom. The molecule has 174 valence electrons. The molecule has 1 aliphatic rings. The summed E-state index contributed by atoms with van der Waals surface area (Å²) < 4.78 is 0. The monoisotopic (exact) mass is 550 g/mol. The zero-order chi connectivity index (χ0) is 22.1. The molecule has 1 aliphatic heterocycles. The van der Waals surface area contributed by atoms with Crippen molar-refractivity contribution in [1.82, 2.24) is 15.5 Å². The van der Waals surface area contributed by atoms with Crippen LogP contribution in [0.3, 0.4) is 0 Å². The van der Waals surface area contributed by atoms with Gasteiger partial charge in [0.05, 0.1) is 12.6 Å². The van der Waals surface area contributed by atoms with Crippen LogP contribution < -0.4 is 10.6 Å². The van der Waals surface area contributed by atoms with Gasteiger partial charge in [-0.2, -0.15) is 0 Å². The van der Waals surface area contributed by atoms with Crippen LogP contribution in [0.2, 0.25) is 0 Å². The summed E-state index contributed by atoms with van der Waals surface area (Å²) in [6.07, 6.45) is 0.803. The van der Waals surface area contributed by atoms with E-state index < -0.39 is 6.10 Å². The van der Waals surface area contributed by atoms with Gasteiger partial charge in [-0.3, -0.25) is 9.79 Å². The number of guanidine groups is 1. The third-order valence-corrected chi connectivity index (χ3v) is 5.56. The molecular weight excluding hydrogens is 515 g/mol. The fourth-order valence-corrected chi connectivity index (χ4v) is 3.86. The number of halogens is 1. The van der Waals surface area contributed by atoms with Crippen molar-refractivity contribution in [3.05, 3.63) is 71.3 Å². The quantitative estimate of drug-likeness (QED) is 0.255. The predicted molar refractivity (Wildman–Crippen MR) is 140 cm³/mol. The first-order chi connectivity index (χ1) is 15.0. The molecule has 3 N–H and O–H groups in total. The molecule has 2 atom stereocenters. The lowest BCUT2D eigenvalue weighted by Gasteiger charge is -2.18. The van der Waals surface area contributed by atoms with Gasteiger partial charge in [0.15, 0.2) is 5.96 Å². The SMILES string of the molecule is CCNC(=NCC(O)c1cccc(C)c1)NCC1CC(=O)N(CCc2ccccc2)C1.I. The summed E-state index contributed by atoms with van der Waals surface area (Å²) in [6, 6.07) is 18.1. The van der Waals surface area contributed by atoms with Gasteiger partial charge in [-0.25, -0.2) is 0 Å². The first kappa shape index (κ1) is 26.1. The molecule has 2 unspecified atom stereocenters. The van der Waals surface area contributed by atoms with Gasteiger partial charge in [0.1, 0.15) is 0 Å². The maximum Gasteiger partial charge on any atom is 0.223 e. The van der Waals surface area contributed by atoms with E-state index in [9.17, 15) is 9.90 Å². The minimum Gasteiger partial charge on any atom is -0.386 e. The Bertz CT molecular complexity index is 875. The molecule has 1 amide bonds. The number of aliphatic hydroxyl groups excluding tert-OH is 1. The van der Waals surface area contributed by atoms with Crippen LogP contribution in [0.1, 0.15) is 36.1 Å². The highest BCUT2D eigenvalue weighted by Crippen LogP contribution is 2.18. The number of hydrogen-bond acceptors (Lipinski definition) is 3. The van der Waals surface area contributed by atoms with E-state index in [0.717, 1.165) is 37.2 Å². The summed E-state index contributed by atoms with van der Waals surface area (Å²) in [6.45, 7) is 7.25. The van der Waals surface area contributed by atoms with E-state index in [4.69, 9.17) is 0 Å². The van der Waals surface area contributed by atoms with Crippen LogP contribution in [0.25, 0.3) is 0 Å². The van der Waals surface area contributed by atoms with Crippen molar-refractivity contribution in [2.75, 3.05) is 32.7 Å². The van der Waals surface area contributed by atoms with E-state index >= 15 is 0 Å². The van der Waals surface area contributed by atoms with Crippen molar-refractivity contribution in [3.8, 4) is 0 Å². The second-order valence-corrected chi connectivity index (χ2v) is 8.18. The van der Waals surface area contributed by atoms with Crippen LogP contribution in [0.5, 0.6) is 0 Å². The second-order valence-electron chi connectivity index (χ2n) is 8.18. The molecule has 2 aromatic carbocycles. The predicted octanol–water partition coefficient (Wildman–Crippen LogP) is 3.29. The molecule has 0 saturated carbocycles. The van der Waals surface area contributed by atoms with Crippen LogP contribution in [-0.2, 0) is 11.2 Å². The van der Waals surface area contributed by atoms with Gasteiger partial charge in [0, 0.05) is 38.5 Å². The fourth-order valence-electron chi connectivity index (χ4n) is 3.86. The number of rotatable bonds is 9. The van der Waals surface area contributed by atoms with Crippen molar-refractivity contribution in [2.45, 2.75) is 32.8 Å². The standard InChI is InChI=1S/C25H34N4O2.HI/c1-3-26-25(28-17-23(30)22-11-7-8-19(2)14-22)27-16-21-15-24(31)29(18-21)13-12-20-9-5-4-6-10-20;/h4-11,14,21,23,30H,3,12-13,15-18H2,1-2H3,(H2,26,27,28);1H. The molecule has 1 heterocycles. The molecule has 0 radical (unpaired) electrons. The number of aliphatic imine (C=N–C) groups is 1. The van der Waals surface area contributed by atoms with Gasteiger partial charge in [-0.15, -0.1) is 24.0 Å². The Balaban J connectivity index is 0.00000363. The first-order valence-corrected chi connectivity index (χ1v) is 11.1. The number of hydrogen-bond donors (Lipinski definition) is 3. The van der Waals surface area contributed by atoms with E-state index in [-0.39, 0.29) is 42.3 Å². The van der Waals surface area contributed by atoms with Gasteiger partial charge in [0.2, 0.25) is 5.91 Å². The Kier molecular flexibility index (Phi) is 11.0. The first-order valence-electron chi connectivity index (χ1n) is 11.1. The van der Waals surface area contributed by atoms with Gasteiger partial charge in [-0.1, -0.05) is 60.2 Å². The summed E-state index contributed by atoms with van der Waals surface area (Å²) in [5.41, 5.74) is 3.24. The lowest BCUT2D eigenvalue weighted by molar-refractivity contribution is -0.127. The number of nitrogens with one attached hydrogen (secondary N) is 2. The molecule has 0 aromatic heterocycles.